The van der Waals surface area contributed by atoms with E-state index in [1.54, 1.807) is 7.11 Å². The minimum Gasteiger partial charge on any atom is -0.497 e. The molecule has 4 rings (SSSR count). The quantitative estimate of drug-likeness (QED) is 0.786. The molecule has 1 saturated carbocycles. The van der Waals surface area contributed by atoms with E-state index in [0.29, 0.717) is 11.8 Å². The predicted molar refractivity (Wildman–Crippen MR) is 107 cm³/mol. The topological polar surface area (TPSA) is 32.8 Å². The molecule has 2 atom stereocenters. The average molecular weight is 385 g/mol. The lowest BCUT2D eigenvalue weighted by atomic mass is 10.1. The first-order chi connectivity index (χ1) is 13.1. The highest BCUT2D eigenvalue weighted by atomic mass is 35.5. The van der Waals surface area contributed by atoms with E-state index in [1.807, 2.05) is 35.2 Å². The summed E-state index contributed by atoms with van der Waals surface area (Å²) in [6.07, 6.45) is 0.950. The third-order valence-electron chi connectivity index (χ3n) is 5.63. The van der Waals surface area contributed by atoms with Gasteiger partial charge in [0.1, 0.15) is 5.75 Å². The van der Waals surface area contributed by atoms with E-state index in [1.165, 1.54) is 11.1 Å². The third kappa shape index (κ3) is 4.28. The number of carbonyl (C=O) groups is 1. The van der Waals surface area contributed by atoms with Crippen molar-refractivity contribution in [3.05, 3.63) is 64.7 Å². The van der Waals surface area contributed by atoms with E-state index in [9.17, 15) is 4.79 Å². The van der Waals surface area contributed by atoms with Gasteiger partial charge in [-0.05, 0) is 47.7 Å². The maximum Gasteiger partial charge on any atom is 0.226 e. The summed E-state index contributed by atoms with van der Waals surface area (Å²) in [4.78, 5) is 17.3. The summed E-state index contributed by atoms with van der Waals surface area (Å²) < 4.78 is 5.21. The Morgan fingerprint density at radius 2 is 1.85 bits per heavy atom. The molecule has 1 aliphatic carbocycles. The Kier molecular flexibility index (Phi) is 5.37. The molecule has 2 aromatic carbocycles. The van der Waals surface area contributed by atoms with Gasteiger partial charge < -0.3 is 9.64 Å². The predicted octanol–water partition coefficient (Wildman–Crippen LogP) is 3.80. The number of ether oxygens (including phenoxy) is 1. The lowest BCUT2D eigenvalue weighted by Gasteiger charge is -2.35. The number of nitrogens with zero attached hydrogens (tertiary/aromatic N) is 2. The molecule has 0 spiro atoms. The van der Waals surface area contributed by atoms with Crippen molar-refractivity contribution in [3.8, 4) is 5.75 Å². The van der Waals surface area contributed by atoms with Crippen molar-refractivity contribution in [3.63, 3.8) is 0 Å². The number of hydrogen-bond donors (Lipinski definition) is 0. The van der Waals surface area contributed by atoms with Crippen LogP contribution in [0.1, 0.15) is 23.5 Å². The van der Waals surface area contributed by atoms with Gasteiger partial charge in [0.05, 0.1) is 7.11 Å². The van der Waals surface area contributed by atoms with E-state index in [4.69, 9.17) is 16.3 Å². The molecule has 1 aliphatic heterocycles. The Balaban J connectivity index is 1.27. The summed E-state index contributed by atoms with van der Waals surface area (Å²) >= 11 is 6.08. The lowest BCUT2D eigenvalue weighted by Crippen LogP contribution is -2.48. The van der Waals surface area contributed by atoms with Gasteiger partial charge in [0.2, 0.25) is 5.91 Å². The Bertz CT molecular complexity index is 800. The molecule has 1 amide bonds. The van der Waals surface area contributed by atoms with Gasteiger partial charge >= 0.3 is 0 Å². The first kappa shape index (κ1) is 18.3. The molecule has 0 aromatic heterocycles. The van der Waals surface area contributed by atoms with Crippen molar-refractivity contribution in [1.29, 1.82) is 0 Å². The molecule has 2 unspecified atom stereocenters. The van der Waals surface area contributed by atoms with Gasteiger partial charge in [0.25, 0.3) is 0 Å². The fourth-order valence-electron chi connectivity index (χ4n) is 3.92. The summed E-state index contributed by atoms with van der Waals surface area (Å²) in [6.45, 7) is 4.39. The van der Waals surface area contributed by atoms with Crippen molar-refractivity contribution in [2.75, 3.05) is 33.3 Å². The molecule has 2 aliphatic rings. The Labute approximate surface area is 165 Å². The summed E-state index contributed by atoms with van der Waals surface area (Å²) in [5.41, 5.74) is 2.47. The van der Waals surface area contributed by atoms with Crippen LogP contribution in [0.4, 0.5) is 0 Å². The maximum atomic E-state index is 12.8. The van der Waals surface area contributed by atoms with Crippen molar-refractivity contribution in [2.45, 2.75) is 18.9 Å². The molecule has 0 bridgehead atoms. The van der Waals surface area contributed by atoms with Crippen LogP contribution in [-0.4, -0.2) is 49.0 Å². The van der Waals surface area contributed by atoms with E-state index in [2.05, 4.69) is 23.1 Å². The Morgan fingerprint density at radius 1 is 1.11 bits per heavy atom. The fourth-order valence-corrected chi connectivity index (χ4v) is 4.12. The number of piperazine rings is 1. The molecule has 142 valence electrons. The third-order valence-corrected chi connectivity index (χ3v) is 5.87. The lowest BCUT2D eigenvalue weighted by molar-refractivity contribution is -0.134. The van der Waals surface area contributed by atoms with Crippen LogP contribution in [0.3, 0.4) is 0 Å². The number of hydrogen-bond acceptors (Lipinski definition) is 3. The molecule has 5 heteroatoms. The molecular formula is C22H25ClN2O2. The van der Waals surface area contributed by atoms with Gasteiger partial charge in [0, 0.05) is 43.7 Å². The standard InChI is InChI=1S/C22H25ClN2O2/c1-27-19-7-5-16(6-8-19)15-24-9-11-25(12-10-24)22(26)21-14-20(21)17-3-2-4-18(23)13-17/h2-8,13,20-21H,9-12,14-15H2,1H3. The fraction of sp³-hybridized carbons (Fsp3) is 0.409. The minimum atomic E-state index is 0.136. The van der Waals surface area contributed by atoms with Gasteiger partial charge in [-0.15, -0.1) is 0 Å². The zero-order valence-electron chi connectivity index (χ0n) is 15.6. The Morgan fingerprint density at radius 3 is 2.52 bits per heavy atom. The van der Waals surface area contributed by atoms with Gasteiger partial charge in [-0.25, -0.2) is 0 Å². The summed E-state index contributed by atoms with van der Waals surface area (Å²) in [6, 6.07) is 16.1. The second-order valence-corrected chi connectivity index (χ2v) is 7.89. The van der Waals surface area contributed by atoms with Crippen LogP contribution in [0, 0.1) is 5.92 Å². The zero-order chi connectivity index (χ0) is 18.8. The van der Waals surface area contributed by atoms with Crippen LogP contribution >= 0.6 is 11.6 Å². The van der Waals surface area contributed by atoms with Crippen LogP contribution in [0.15, 0.2) is 48.5 Å². The van der Waals surface area contributed by atoms with Crippen LogP contribution in [0.25, 0.3) is 0 Å². The SMILES string of the molecule is COc1ccc(CN2CCN(C(=O)C3CC3c3cccc(Cl)c3)CC2)cc1. The second kappa shape index (κ2) is 7.91. The van der Waals surface area contributed by atoms with E-state index < -0.39 is 0 Å². The maximum absolute atomic E-state index is 12.8. The van der Waals surface area contributed by atoms with Gasteiger partial charge in [-0.3, -0.25) is 9.69 Å². The van der Waals surface area contributed by atoms with E-state index in [-0.39, 0.29) is 5.92 Å². The zero-order valence-corrected chi connectivity index (χ0v) is 16.4. The highest BCUT2D eigenvalue weighted by molar-refractivity contribution is 6.30. The number of methoxy groups -OCH3 is 1. The molecule has 2 aromatic rings. The molecule has 0 radical (unpaired) electrons. The number of carbonyl (C=O) groups excluding carboxylic acids is 1. The minimum absolute atomic E-state index is 0.136. The highest BCUT2D eigenvalue weighted by Gasteiger charge is 2.46. The number of benzene rings is 2. The summed E-state index contributed by atoms with van der Waals surface area (Å²) in [5.74, 6) is 1.67. The van der Waals surface area contributed by atoms with Crippen LogP contribution < -0.4 is 4.74 Å². The second-order valence-electron chi connectivity index (χ2n) is 7.45. The molecule has 4 nitrogen and oxygen atoms in total. The Hall–Kier alpha value is -2.04. The smallest absolute Gasteiger partial charge is 0.226 e. The normalized spacial score (nSPS) is 22.5. The van der Waals surface area contributed by atoms with Crippen molar-refractivity contribution >= 4 is 17.5 Å². The largest absolute Gasteiger partial charge is 0.497 e. The van der Waals surface area contributed by atoms with E-state index >= 15 is 0 Å². The van der Waals surface area contributed by atoms with E-state index in [0.717, 1.165) is 49.9 Å². The van der Waals surface area contributed by atoms with Crippen LogP contribution in [0.5, 0.6) is 5.75 Å². The van der Waals surface area contributed by atoms with Crippen LogP contribution in [-0.2, 0) is 11.3 Å². The summed E-state index contributed by atoms with van der Waals surface area (Å²) in [5, 5.41) is 0.748. The van der Waals surface area contributed by atoms with Crippen molar-refractivity contribution in [1.82, 2.24) is 9.80 Å². The molecule has 0 N–H and O–H groups in total. The monoisotopic (exact) mass is 384 g/mol. The van der Waals surface area contributed by atoms with Crippen LogP contribution in [0.2, 0.25) is 5.02 Å². The van der Waals surface area contributed by atoms with Crippen molar-refractivity contribution < 1.29 is 9.53 Å². The van der Waals surface area contributed by atoms with Crippen molar-refractivity contribution in [2.24, 2.45) is 5.92 Å². The molecule has 1 heterocycles. The highest BCUT2D eigenvalue weighted by Crippen LogP contribution is 2.48. The number of halogens is 1. The molecular weight excluding hydrogens is 360 g/mol. The molecule has 2 fully saturated rings. The molecule has 27 heavy (non-hydrogen) atoms. The first-order valence-electron chi connectivity index (χ1n) is 9.53. The number of rotatable bonds is 5. The van der Waals surface area contributed by atoms with Gasteiger partial charge in [-0.1, -0.05) is 35.9 Å². The molecule has 1 saturated heterocycles. The summed E-state index contributed by atoms with van der Waals surface area (Å²) in [7, 11) is 1.68. The van der Waals surface area contributed by atoms with Gasteiger partial charge in [-0.2, -0.15) is 0 Å². The average Bonchev–Trinajstić information content (AvgIpc) is 3.50. The number of amides is 1. The first-order valence-corrected chi connectivity index (χ1v) is 9.91. The van der Waals surface area contributed by atoms with Gasteiger partial charge in [0.15, 0.2) is 0 Å².